The SMILES string of the molecule is C#CCC1(C#N)CCCCN1. The fraction of sp³-hybridized carbons (Fsp3) is 0.667. The molecule has 1 N–H and O–H groups in total. The Morgan fingerprint density at radius 3 is 2.82 bits per heavy atom. The van der Waals surface area contributed by atoms with E-state index >= 15 is 0 Å². The quantitative estimate of drug-likeness (QED) is 0.564. The lowest BCUT2D eigenvalue weighted by atomic mass is 9.88. The second-order valence-corrected chi connectivity index (χ2v) is 2.96. The third kappa shape index (κ3) is 1.73. The van der Waals surface area contributed by atoms with E-state index in [4.69, 9.17) is 11.7 Å². The number of nitrogens with zero attached hydrogens (tertiary/aromatic N) is 1. The molecule has 1 unspecified atom stereocenters. The van der Waals surface area contributed by atoms with Crippen LogP contribution in [0.4, 0.5) is 0 Å². The van der Waals surface area contributed by atoms with E-state index in [1.165, 1.54) is 0 Å². The van der Waals surface area contributed by atoms with Gasteiger partial charge in [0.1, 0.15) is 5.54 Å². The molecule has 0 spiro atoms. The number of nitriles is 1. The van der Waals surface area contributed by atoms with Crippen LogP contribution in [0, 0.1) is 23.7 Å². The van der Waals surface area contributed by atoms with E-state index in [0.29, 0.717) is 6.42 Å². The molecule has 1 aliphatic rings. The minimum absolute atomic E-state index is 0.410. The Hall–Kier alpha value is -0.990. The van der Waals surface area contributed by atoms with Crippen molar-refractivity contribution < 1.29 is 0 Å². The Labute approximate surface area is 67.6 Å². The lowest BCUT2D eigenvalue weighted by Crippen LogP contribution is -2.46. The van der Waals surface area contributed by atoms with Crippen LogP contribution in [-0.2, 0) is 0 Å². The van der Waals surface area contributed by atoms with Gasteiger partial charge in [-0.2, -0.15) is 5.26 Å². The second-order valence-electron chi connectivity index (χ2n) is 2.96. The van der Waals surface area contributed by atoms with Gasteiger partial charge in [0.05, 0.1) is 6.07 Å². The third-order valence-electron chi connectivity index (χ3n) is 2.11. The first-order valence-corrected chi connectivity index (χ1v) is 3.93. The maximum atomic E-state index is 8.86. The second kappa shape index (κ2) is 3.42. The minimum Gasteiger partial charge on any atom is -0.299 e. The van der Waals surface area contributed by atoms with Gasteiger partial charge in [-0.3, -0.25) is 5.32 Å². The Kier molecular flexibility index (Phi) is 2.52. The number of piperidine rings is 1. The largest absolute Gasteiger partial charge is 0.299 e. The highest BCUT2D eigenvalue weighted by Crippen LogP contribution is 2.21. The van der Waals surface area contributed by atoms with Crippen LogP contribution in [0.25, 0.3) is 0 Å². The first-order chi connectivity index (χ1) is 5.33. The Balaban J connectivity index is 2.60. The van der Waals surface area contributed by atoms with Crippen molar-refractivity contribution in [2.75, 3.05) is 6.54 Å². The van der Waals surface area contributed by atoms with Gasteiger partial charge in [0.2, 0.25) is 0 Å². The highest BCUT2D eigenvalue weighted by molar-refractivity contribution is 5.14. The number of rotatable bonds is 1. The highest BCUT2D eigenvalue weighted by Gasteiger charge is 2.30. The lowest BCUT2D eigenvalue weighted by Gasteiger charge is -2.30. The molecule has 1 aliphatic heterocycles. The topological polar surface area (TPSA) is 35.8 Å². The molecular weight excluding hydrogens is 136 g/mol. The van der Waals surface area contributed by atoms with E-state index in [2.05, 4.69) is 17.3 Å². The van der Waals surface area contributed by atoms with Crippen LogP contribution in [-0.4, -0.2) is 12.1 Å². The molecule has 0 aromatic heterocycles. The summed E-state index contributed by atoms with van der Waals surface area (Å²) in [6, 6.07) is 2.26. The van der Waals surface area contributed by atoms with Crippen molar-refractivity contribution in [1.82, 2.24) is 5.32 Å². The zero-order valence-electron chi connectivity index (χ0n) is 6.56. The third-order valence-corrected chi connectivity index (χ3v) is 2.11. The van der Waals surface area contributed by atoms with Gasteiger partial charge in [-0.15, -0.1) is 12.3 Å². The summed E-state index contributed by atoms with van der Waals surface area (Å²) in [6.07, 6.45) is 8.88. The molecule has 0 amide bonds. The summed E-state index contributed by atoms with van der Waals surface area (Å²) in [5.41, 5.74) is -0.410. The average molecular weight is 148 g/mol. The van der Waals surface area contributed by atoms with E-state index in [1.807, 2.05) is 0 Å². The van der Waals surface area contributed by atoms with Crippen LogP contribution in [0.2, 0.25) is 0 Å². The van der Waals surface area contributed by atoms with Crippen LogP contribution in [0.5, 0.6) is 0 Å². The van der Waals surface area contributed by atoms with Crippen LogP contribution in [0.3, 0.4) is 0 Å². The Bertz CT molecular complexity index is 201. The van der Waals surface area contributed by atoms with Crippen LogP contribution >= 0.6 is 0 Å². The normalized spacial score (nSPS) is 30.4. The van der Waals surface area contributed by atoms with Crippen molar-refractivity contribution in [1.29, 1.82) is 5.26 Å². The van der Waals surface area contributed by atoms with Crippen LogP contribution in [0.1, 0.15) is 25.7 Å². The summed E-state index contributed by atoms with van der Waals surface area (Å²) in [4.78, 5) is 0. The fourth-order valence-corrected chi connectivity index (χ4v) is 1.43. The monoisotopic (exact) mass is 148 g/mol. The molecule has 1 heterocycles. The maximum Gasteiger partial charge on any atom is 0.117 e. The smallest absolute Gasteiger partial charge is 0.117 e. The highest BCUT2D eigenvalue weighted by atomic mass is 15.0. The molecule has 0 aromatic rings. The van der Waals surface area contributed by atoms with Gasteiger partial charge >= 0.3 is 0 Å². The lowest BCUT2D eigenvalue weighted by molar-refractivity contribution is 0.329. The van der Waals surface area contributed by atoms with Crippen molar-refractivity contribution in [3.63, 3.8) is 0 Å². The maximum absolute atomic E-state index is 8.86. The predicted molar refractivity (Wildman–Crippen MR) is 43.6 cm³/mol. The van der Waals surface area contributed by atoms with Gasteiger partial charge in [0.25, 0.3) is 0 Å². The molecule has 0 aliphatic carbocycles. The number of hydrogen-bond donors (Lipinski definition) is 1. The molecule has 2 nitrogen and oxygen atoms in total. The van der Waals surface area contributed by atoms with Gasteiger partial charge in [-0.1, -0.05) is 0 Å². The van der Waals surface area contributed by atoms with E-state index in [9.17, 15) is 0 Å². The zero-order chi connectivity index (χ0) is 8.16. The molecule has 58 valence electrons. The van der Waals surface area contributed by atoms with Crippen LogP contribution in [0.15, 0.2) is 0 Å². The summed E-state index contributed by atoms with van der Waals surface area (Å²) in [5, 5.41) is 12.0. The minimum atomic E-state index is -0.410. The van der Waals surface area contributed by atoms with Gasteiger partial charge in [0, 0.05) is 6.42 Å². The Morgan fingerprint density at radius 1 is 1.55 bits per heavy atom. The van der Waals surface area contributed by atoms with Crippen molar-refractivity contribution >= 4 is 0 Å². The van der Waals surface area contributed by atoms with Gasteiger partial charge in [-0.25, -0.2) is 0 Å². The molecule has 2 heteroatoms. The molecule has 11 heavy (non-hydrogen) atoms. The zero-order valence-corrected chi connectivity index (χ0v) is 6.56. The van der Waals surface area contributed by atoms with E-state index in [1.54, 1.807) is 0 Å². The van der Waals surface area contributed by atoms with Gasteiger partial charge in [-0.05, 0) is 25.8 Å². The number of nitrogens with one attached hydrogen (secondary N) is 1. The molecule has 1 atom stereocenters. The molecule has 0 radical (unpaired) electrons. The van der Waals surface area contributed by atoms with E-state index in [-0.39, 0.29) is 0 Å². The first-order valence-electron chi connectivity index (χ1n) is 3.93. The van der Waals surface area contributed by atoms with Crippen molar-refractivity contribution in [2.24, 2.45) is 0 Å². The predicted octanol–water partition coefficient (Wildman–Crippen LogP) is 1.05. The van der Waals surface area contributed by atoms with Gasteiger partial charge in [0.15, 0.2) is 0 Å². The summed E-state index contributed by atoms with van der Waals surface area (Å²) >= 11 is 0. The molecule has 0 saturated carbocycles. The molecule has 0 aromatic carbocycles. The molecule has 1 rings (SSSR count). The average Bonchev–Trinajstić information content (AvgIpc) is 2.07. The van der Waals surface area contributed by atoms with Crippen molar-refractivity contribution in [2.45, 2.75) is 31.2 Å². The standard InChI is InChI=1S/C9H12N2/c1-2-5-9(8-10)6-3-4-7-11-9/h1,11H,3-7H2. The molecule has 1 fully saturated rings. The summed E-state index contributed by atoms with van der Waals surface area (Å²) in [7, 11) is 0. The van der Waals surface area contributed by atoms with Crippen molar-refractivity contribution in [3.05, 3.63) is 0 Å². The summed E-state index contributed by atoms with van der Waals surface area (Å²) in [6.45, 7) is 0.926. The van der Waals surface area contributed by atoms with Crippen LogP contribution < -0.4 is 5.32 Å². The van der Waals surface area contributed by atoms with E-state index < -0.39 is 5.54 Å². The molecular formula is C9H12N2. The number of terminal acetylenes is 1. The molecule has 1 saturated heterocycles. The number of hydrogen-bond acceptors (Lipinski definition) is 2. The molecule has 0 bridgehead atoms. The Morgan fingerprint density at radius 2 is 2.36 bits per heavy atom. The summed E-state index contributed by atoms with van der Waals surface area (Å²) in [5.74, 6) is 2.54. The van der Waals surface area contributed by atoms with Crippen molar-refractivity contribution in [3.8, 4) is 18.4 Å². The summed E-state index contributed by atoms with van der Waals surface area (Å²) < 4.78 is 0. The fourth-order valence-electron chi connectivity index (χ4n) is 1.43. The van der Waals surface area contributed by atoms with E-state index in [0.717, 1.165) is 25.8 Å². The first kappa shape index (κ1) is 8.11. The van der Waals surface area contributed by atoms with Gasteiger partial charge < -0.3 is 0 Å².